The van der Waals surface area contributed by atoms with Gasteiger partial charge in [-0.3, -0.25) is 19.2 Å². The van der Waals surface area contributed by atoms with Crippen LogP contribution in [0.15, 0.2) is 94.5 Å². The molecule has 2 aliphatic heterocycles. The molecule has 2 heterocycles. The first kappa shape index (κ1) is 24.4. The average molecular weight is 618 g/mol. The van der Waals surface area contributed by atoms with Gasteiger partial charge in [-0.25, -0.2) is 4.90 Å². The molecule has 0 N–H and O–H groups in total. The Labute approximate surface area is 250 Å². The van der Waals surface area contributed by atoms with Gasteiger partial charge in [0.25, 0.3) is 11.8 Å². The third kappa shape index (κ3) is 2.79. The van der Waals surface area contributed by atoms with Crippen LogP contribution < -0.4 is 4.90 Å². The van der Waals surface area contributed by atoms with Gasteiger partial charge in [-0.15, -0.1) is 0 Å². The lowest BCUT2D eigenvalue weighted by Crippen LogP contribution is -2.55. The number of carbonyl (C=O) groups excluding carboxylic acids is 4. The van der Waals surface area contributed by atoms with Gasteiger partial charge < -0.3 is 0 Å². The highest BCUT2D eigenvalue weighted by Crippen LogP contribution is 2.64. The summed E-state index contributed by atoms with van der Waals surface area (Å²) in [7, 11) is 0. The summed E-state index contributed by atoms with van der Waals surface area (Å²) in [5.41, 5.74) is 3.10. The van der Waals surface area contributed by atoms with Crippen LogP contribution in [0, 0.1) is 35.5 Å². The standard InChI is InChI=1S/C34H24BrN3O4/c35-19-11-13-20(14-12-19)37-30(39)28-27-21-5-1-3-7-23(21)34(29(28)33(37)42,24-8-4-2-6-22(24)27)16-36-38-31(40)25-17-9-10-18(15-17)26(25)32(38)41/h1-14,16-18,25-29H,15H2/b36-16-/t17-,18-,25-,26+,27?,28+,29+,34?/m0/s1. The molecule has 0 unspecified atom stereocenters. The molecule has 0 aromatic heterocycles. The monoisotopic (exact) mass is 617 g/mol. The summed E-state index contributed by atoms with van der Waals surface area (Å²) in [6.07, 6.45) is 6.59. The molecule has 7 nitrogen and oxygen atoms in total. The molecular weight excluding hydrogens is 594 g/mol. The minimum Gasteiger partial charge on any atom is -0.274 e. The van der Waals surface area contributed by atoms with E-state index in [0.29, 0.717) is 5.69 Å². The first-order chi connectivity index (χ1) is 20.4. The van der Waals surface area contributed by atoms with Gasteiger partial charge in [0.1, 0.15) is 0 Å². The molecule has 42 heavy (non-hydrogen) atoms. The first-order valence-electron chi connectivity index (χ1n) is 14.4. The molecule has 3 aromatic rings. The molecule has 1 saturated carbocycles. The number of amides is 4. The Balaban J connectivity index is 1.24. The third-order valence-electron chi connectivity index (χ3n) is 10.6. The fourth-order valence-corrected chi connectivity index (χ4v) is 9.31. The van der Waals surface area contributed by atoms with E-state index in [-0.39, 0.29) is 53.2 Å². The summed E-state index contributed by atoms with van der Waals surface area (Å²) >= 11 is 3.44. The normalized spacial score (nSPS) is 34.9. The maximum Gasteiger partial charge on any atom is 0.254 e. The Morgan fingerprint density at radius 1 is 0.714 bits per heavy atom. The van der Waals surface area contributed by atoms with E-state index >= 15 is 0 Å². The molecule has 0 radical (unpaired) electrons. The van der Waals surface area contributed by atoms with Crippen LogP contribution in [0.4, 0.5) is 5.69 Å². The van der Waals surface area contributed by atoms with Gasteiger partial charge in [-0.2, -0.15) is 10.1 Å². The van der Waals surface area contributed by atoms with Crippen LogP contribution in [0.2, 0.25) is 0 Å². The van der Waals surface area contributed by atoms with Crippen molar-refractivity contribution in [2.75, 3.05) is 4.90 Å². The molecule has 3 aromatic carbocycles. The number of benzene rings is 3. The summed E-state index contributed by atoms with van der Waals surface area (Å²) in [4.78, 5) is 57.3. The highest BCUT2D eigenvalue weighted by Gasteiger charge is 2.68. The number of imide groups is 2. The second-order valence-electron chi connectivity index (χ2n) is 12.2. The zero-order chi connectivity index (χ0) is 28.5. The topological polar surface area (TPSA) is 87.1 Å². The number of hydrogen-bond acceptors (Lipinski definition) is 5. The quantitative estimate of drug-likeness (QED) is 0.240. The van der Waals surface area contributed by atoms with E-state index < -0.39 is 17.3 Å². The zero-order valence-corrected chi connectivity index (χ0v) is 23.8. The Kier molecular flexibility index (Phi) is 4.78. The minimum absolute atomic E-state index is 0.0688. The summed E-state index contributed by atoms with van der Waals surface area (Å²) < 4.78 is 0.847. The second kappa shape index (κ2) is 8.22. The molecule has 5 aliphatic carbocycles. The largest absolute Gasteiger partial charge is 0.274 e. The van der Waals surface area contributed by atoms with Gasteiger partial charge in [-0.1, -0.05) is 76.6 Å². The molecule has 8 heteroatoms. The Bertz CT molecular complexity index is 1750. The molecular formula is C34H24BrN3O4. The van der Waals surface area contributed by atoms with E-state index in [9.17, 15) is 19.2 Å². The Hall–Kier alpha value is -4.17. The van der Waals surface area contributed by atoms with E-state index in [0.717, 1.165) is 38.2 Å². The van der Waals surface area contributed by atoms with Crippen molar-refractivity contribution in [3.8, 4) is 0 Å². The number of allylic oxidation sites excluding steroid dienone is 2. The lowest BCUT2D eigenvalue weighted by molar-refractivity contribution is -0.140. The number of halogens is 1. The smallest absolute Gasteiger partial charge is 0.254 e. The van der Waals surface area contributed by atoms with Crippen LogP contribution in [-0.2, 0) is 24.6 Å². The number of anilines is 1. The molecule has 3 fully saturated rings. The van der Waals surface area contributed by atoms with Crippen LogP contribution in [-0.4, -0.2) is 34.9 Å². The summed E-state index contributed by atoms with van der Waals surface area (Å²) in [5, 5.41) is 5.72. The van der Waals surface area contributed by atoms with E-state index in [1.54, 1.807) is 18.3 Å². The van der Waals surface area contributed by atoms with E-state index in [1.807, 2.05) is 60.7 Å². The molecule has 10 rings (SSSR count). The molecule has 2 saturated heterocycles. The maximum absolute atomic E-state index is 14.5. The van der Waals surface area contributed by atoms with Crippen molar-refractivity contribution >= 4 is 51.5 Å². The lowest BCUT2D eigenvalue weighted by Gasteiger charge is -2.52. The molecule has 4 bridgehead atoms. The van der Waals surface area contributed by atoms with Gasteiger partial charge in [0, 0.05) is 16.6 Å². The van der Waals surface area contributed by atoms with Crippen LogP contribution >= 0.6 is 15.9 Å². The number of carbonyl (C=O) groups is 4. The average Bonchev–Trinajstić information content (AvgIpc) is 3.75. The number of nitrogens with zero attached hydrogens (tertiary/aromatic N) is 3. The van der Waals surface area contributed by atoms with Gasteiger partial charge in [0.15, 0.2) is 0 Å². The lowest BCUT2D eigenvalue weighted by atomic mass is 9.47. The highest BCUT2D eigenvalue weighted by atomic mass is 79.9. The van der Waals surface area contributed by atoms with Crippen molar-refractivity contribution in [2.24, 2.45) is 40.6 Å². The minimum atomic E-state index is -1.14. The number of rotatable bonds is 3. The molecule has 6 atom stereocenters. The van der Waals surface area contributed by atoms with Crippen LogP contribution in [0.25, 0.3) is 0 Å². The van der Waals surface area contributed by atoms with Crippen LogP contribution in [0.5, 0.6) is 0 Å². The first-order valence-corrected chi connectivity index (χ1v) is 15.1. The number of hydrogen-bond donors (Lipinski definition) is 0. The van der Waals surface area contributed by atoms with E-state index in [1.165, 1.54) is 4.90 Å². The predicted octanol–water partition coefficient (Wildman–Crippen LogP) is 4.79. The molecule has 7 aliphatic rings. The summed E-state index contributed by atoms with van der Waals surface area (Å²) in [6, 6.07) is 23.0. The SMILES string of the molecule is O=C1[C@@H]2[C@H](C(=O)N1/N=C\C13c4ccccc4C(c4ccccc41)[C@H]1C(=O)N(c4ccc(Br)cc4)C(=O)[C@@H]13)[C@H]1C=C[C@H]2C1. The zero-order valence-electron chi connectivity index (χ0n) is 22.3. The van der Waals surface area contributed by atoms with Gasteiger partial charge >= 0.3 is 0 Å². The van der Waals surface area contributed by atoms with Crippen LogP contribution in [0.1, 0.15) is 34.6 Å². The highest BCUT2D eigenvalue weighted by molar-refractivity contribution is 9.10. The fourth-order valence-electron chi connectivity index (χ4n) is 9.04. The van der Waals surface area contributed by atoms with Crippen molar-refractivity contribution in [1.82, 2.24) is 5.01 Å². The summed E-state index contributed by atoms with van der Waals surface area (Å²) in [6.45, 7) is 0. The van der Waals surface area contributed by atoms with Crippen molar-refractivity contribution in [3.05, 3.63) is 112 Å². The van der Waals surface area contributed by atoms with Crippen molar-refractivity contribution in [1.29, 1.82) is 0 Å². The summed E-state index contributed by atoms with van der Waals surface area (Å²) in [5.74, 6) is -3.44. The fraction of sp³-hybridized carbons (Fsp3) is 0.265. The van der Waals surface area contributed by atoms with Gasteiger partial charge in [0.05, 0.1) is 34.8 Å². The maximum atomic E-state index is 14.5. The van der Waals surface area contributed by atoms with Crippen molar-refractivity contribution in [2.45, 2.75) is 17.8 Å². The third-order valence-corrected chi connectivity index (χ3v) is 11.1. The second-order valence-corrected chi connectivity index (χ2v) is 13.2. The molecule has 0 spiro atoms. The number of fused-ring (bicyclic) bond motifs is 5. The van der Waals surface area contributed by atoms with Gasteiger partial charge in [-0.05, 0) is 64.8 Å². The predicted molar refractivity (Wildman–Crippen MR) is 157 cm³/mol. The van der Waals surface area contributed by atoms with Crippen molar-refractivity contribution in [3.63, 3.8) is 0 Å². The Morgan fingerprint density at radius 2 is 1.29 bits per heavy atom. The van der Waals surface area contributed by atoms with Crippen molar-refractivity contribution < 1.29 is 19.2 Å². The van der Waals surface area contributed by atoms with E-state index in [2.05, 4.69) is 33.2 Å². The van der Waals surface area contributed by atoms with Crippen LogP contribution in [0.3, 0.4) is 0 Å². The molecule has 206 valence electrons. The molecule has 4 amide bonds. The van der Waals surface area contributed by atoms with E-state index in [4.69, 9.17) is 0 Å². The van der Waals surface area contributed by atoms with Gasteiger partial charge in [0.2, 0.25) is 11.8 Å². The number of hydrazone groups is 1. The Morgan fingerprint density at radius 3 is 1.88 bits per heavy atom.